The van der Waals surface area contributed by atoms with Crippen LogP contribution in [0.1, 0.15) is 107 Å². The van der Waals surface area contributed by atoms with E-state index in [1.807, 2.05) is 44.1 Å². The van der Waals surface area contributed by atoms with Crippen LogP contribution in [-0.4, -0.2) is 170 Å². The molecule has 0 amide bonds. The van der Waals surface area contributed by atoms with Crippen LogP contribution in [0, 0.1) is 81.5 Å². The summed E-state index contributed by atoms with van der Waals surface area (Å²) in [6, 6.07) is 19.3. The van der Waals surface area contributed by atoms with Crippen LogP contribution in [-0.2, 0) is 44.2 Å². The number of nitrogens with zero attached hydrogens (tertiary/aromatic N) is 8. The van der Waals surface area contributed by atoms with Crippen molar-refractivity contribution < 1.29 is 104 Å². The summed E-state index contributed by atoms with van der Waals surface area (Å²) < 4.78 is 43.9. The second kappa shape index (κ2) is 52.3. The first-order valence-electron chi connectivity index (χ1n) is 27.8. The molecule has 1 heterocycles. The monoisotopic (exact) mass is 1470 g/mol. The Balaban J connectivity index is -0.000000261. The molecule has 0 aliphatic heterocycles. The van der Waals surface area contributed by atoms with E-state index in [0.29, 0.717) is 29.0 Å². The van der Waals surface area contributed by atoms with Gasteiger partial charge in [0.25, 0.3) is 34.1 Å². The number of nitro groups is 6. The molecule has 0 fully saturated rings. The summed E-state index contributed by atoms with van der Waals surface area (Å²) in [6.07, 6.45) is 5.27. The maximum Gasteiger partial charge on any atom is 0.373 e. The van der Waals surface area contributed by atoms with Crippen molar-refractivity contribution in [1.82, 2.24) is 14.8 Å². The predicted molar refractivity (Wildman–Crippen MR) is 366 cm³/mol. The summed E-state index contributed by atoms with van der Waals surface area (Å²) in [5.41, 5.74) is 4.70. The molecule has 548 valence electrons. The van der Waals surface area contributed by atoms with Crippen LogP contribution >= 0.6 is 21.4 Å². The highest BCUT2D eigenvalue weighted by Gasteiger charge is 2.35. The third kappa shape index (κ3) is 35.1. The van der Waals surface area contributed by atoms with Gasteiger partial charge in [-0.2, -0.15) is 9.59 Å². The van der Waals surface area contributed by atoms with Gasteiger partial charge in [-0.3, -0.25) is 70.0 Å². The number of alkyl halides is 1. The summed E-state index contributed by atoms with van der Waals surface area (Å²) in [6.45, 7) is 11.8. The van der Waals surface area contributed by atoms with Crippen LogP contribution in [0.2, 0.25) is 0 Å². The van der Waals surface area contributed by atoms with Crippen molar-refractivity contribution in [2.45, 2.75) is 68.7 Å². The van der Waals surface area contributed by atoms with E-state index in [1.165, 1.54) is 39.0 Å². The van der Waals surface area contributed by atoms with Gasteiger partial charge in [0, 0.05) is 104 Å². The van der Waals surface area contributed by atoms with Crippen LogP contribution in [0.4, 0.5) is 44.2 Å². The molecule has 99 heavy (non-hydrogen) atoms. The number of rotatable bonds is 18. The molecule has 0 bridgehead atoms. The van der Waals surface area contributed by atoms with E-state index in [-0.39, 0.29) is 75.1 Å². The highest BCUT2D eigenvalue weighted by atomic mass is 36.0. The lowest BCUT2D eigenvalue weighted by molar-refractivity contribution is -0.395. The average Bonchev–Trinajstić information content (AvgIpc) is 1.81. The molecule has 0 saturated carbocycles. The Morgan fingerprint density at radius 2 is 1.11 bits per heavy atom. The number of methoxy groups -OCH3 is 2. The van der Waals surface area contributed by atoms with E-state index in [0.717, 1.165) is 34.7 Å². The number of ether oxygens (including phenoxy) is 4. The number of nitrogen functional groups attached to an aromatic ring is 1. The number of esters is 2. The molecule has 0 saturated heterocycles. The van der Waals surface area contributed by atoms with Crippen molar-refractivity contribution in [3.8, 4) is 0 Å². The number of aliphatic hydroxyl groups is 1. The molecule has 40 heteroatoms. The first-order valence-corrected chi connectivity index (χ1v) is 29.9. The molecule has 0 aliphatic rings. The second-order valence-electron chi connectivity index (χ2n) is 18.1. The smallest absolute Gasteiger partial charge is 0.373 e. The first-order chi connectivity index (χ1) is 46.3. The largest absolute Gasteiger partial charge is 0.478 e. The van der Waals surface area contributed by atoms with Gasteiger partial charge in [-0.15, -0.1) is 0 Å². The number of aromatic nitrogens is 1. The van der Waals surface area contributed by atoms with Gasteiger partial charge in [0.05, 0.1) is 67.9 Å². The number of benzene rings is 5. The summed E-state index contributed by atoms with van der Waals surface area (Å²) in [4.78, 5) is 127. The fraction of sp³-hybridized carbons (Fsp3) is 0.339. The zero-order chi connectivity index (χ0) is 77.6. The Kier molecular flexibility index (Phi) is 50.0. The Labute approximate surface area is 579 Å². The molecule has 6 aromatic rings. The van der Waals surface area contributed by atoms with E-state index in [9.17, 15) is 84.3 Å². The number of nitrogens with one attached hydrogen (secondary N) is 1. The van der Waals surface area contributed by atoms with Crippen molar-refractivity contribution in [2.24, 2.45) is 0 Å². The Morgan fingerprint density at radius 3 is 1.44 bits per heavy atom. The number of hydrogen-bond donors (Lipinski definition) is 5. The molecular weight excluding hydrogens is 1390 g/mol. The van der Waals surface area contributed by atoms with Crippen LogP contribution in [0.15, 0.2) is 91.3 Å². The number of nitro benzene ring substituents is 6. The van der Waals surface area contributed by atoms with Gasteiger partial charge >= 0.3 is 30.0 Å². The average molecular weight is 1470 g/mol. The van der Waals surface area contributed by atoms with Gasteiger partial charge in [0.2, 0.25) is 26.8 Å². The number of nitrogens with two attached hydrogens (primary N) is 1. The third-order valence-corrected chi connectivity index (χ3v) is 11.1. The number of aryl methyl sites for hydroxylation is 3. The van der Waals surface area contributed by atoms with E-state index in [2.05, 4.69) is 31.1 Å². The summed E-state index contributed by atoms with van der Waals surface area (Å²) in [5, 5.41) is 90.7. The number of hydrogen-bond acceptors (Lipinski definition) is 27. The van der Waals surface area contributed by atoms with E-state index < -0.39 is 97.7 Å². The minimum absolute atomic E-state index is 0. The van der Waals surface area contributed by atoms with Gasteiger partial charge < -0.3 is 49.9 Å². The number of fused-ring (bicyclic) bond motifs is 1. The fourth-order valence-electron chi connectivity index (χ4n) is 7.37. The van der Waals surface area contributed by atoms with Crippen LogP contribution < -0.4 is 5.73 Å². The lowest BCUT2D eigenvalue weighted by Gasteiger charge is -2.19. The highest BCUT2D eigenvalue weighted by molar-refractivity contribution is 8.26. The molecule has 6 N–H and O–H groups in total. The van der Waals surface area contributed by atoms with E-state index in [4.69, 9.17) is 50.4 Å². The number of halogens is 3. The van der Waals surface area contributed by atoms with E-state index >= 15 is 0 Å². The fourth-order valence-corrected chi connectivity index (χ4v) is 7.37. The summed E-state index contributed by atoms with van der Waals surface area (Å²) in [7, 11) is 16.9. The molecule has 0 atom stereocenters. The Morgan fingerprint density at radius 1 is 0.697 bits per heavy atom. The van der Waals surface area contributed by atoms with Crippen molar-refractivity contribution in [1.29, 1.82) is 0 Å². The number of H-pyrrole nitrogens is 1. The van der Waals surface area contributed by atoms with Gasteiger partial charge in [-0.25, -0.2) is 23.4 Å². The zero-order valence-electron chi connectivity index (χ0n) is 55.8. The lowest BCUT2D eigenvalue weighted by atomic mass is 10.0. The first kappa shape index (κ1) is 94.5. The molecule has 0 unspecified atom stereocenters. The molecular formula is C59H79Cl2FN10O26S. The standard InChI is InChI=1S/C12H15N3O4.C11H12N2O2.C10H10N2O6.C8H6N2O6.C8H8O2.C5H13NO2.C2H6O.CH3F.CO2.CH4.Cl2OS.H2/c1-4-10-11(14(16)17)6-5-9(7-8-13(2)3)12(10)15(18)19;1-2-15-11(14)9-8(12)4-3-7-5-6-13-10(7)9;1-3-18-10(13)8-7(11(14)15)5-4-6(2)9(8)12(16)17;1-4-2-3-5(9(13)14)6(8(11)12)7(4)10(15)16;1-6-3-2-4-7(5-6)8(9)10;1-6(2)5(7-3)8-4;1-2-3;1-2;2-1-3;;1-4(2)3;/h5-8H,4H2,1-3H3;3-6,13H,2,12H2,1H3;4-5H,3H2,1-2H3;2-3H,1H3,(H,11,12);2-5H,1H3,(H,9,10);5H,1-4H3;3H,2H2,1H3;1H3;;1H4;;1H/b8-7+;;;;;;;;;;;/i;;;;;;;1D;;;;. The minimum Gasteiger partial charge on any atom is -0.478 e. The molecule has 0 spiro atoms. The number of aromatic amines is 1. The van der Waals surface area contributed by atoms with Crippen LogP contribution in [0.3, 0.4) is 0 Å². The zero-order valence-corrected chi connectivity index (χ0v) is 57.1. The van der Waals surface area contributed by atoms with Gasteiger partial charge in [-0.1, -0.05) is 38.1 Å². The number of aliphatic hydroxyl groups excluding tert-OH is 1. The SMILES string of the molecule is C.CCO.CCOC(=O)c1c(N)ccc2cc[nH]c12.CCOC(=O)c1c([N+](=O)[O-])ccc(C)c1[N+](=O)[O-].CCc1c([N+](=O)[O-])ccc(/C=C/N(C)C)c1[N+](=O)[O-].COC(OC)N(C)C.Cc1ccc([N+](=O)[O-])c(C(=O)O)c1[N+](=O)[O-].Cc1cccc(C(=O)O)c1.O=C=O.O=S(Cl)Cl.[2H]CF.[HH]. The summed E-state index contributed by atoms with van der Waals surface area (Å²) in [5.74, 6) is -4.02. The Hall–Kier alpha value is -10.9. The molecule has 1 aromatic heterocycles. The molecule has 6 rings (SSSR count). The van der Waals surface area contributed by atoms with Crippen LogP contribution in [0.5, 0.6) is 0 Å². The number of carboxylic acids is 2. The quantitative estimate of drug-likeness (QED) is 0.0133. The molecule has 0 radical (unpaired) electrons. The Bertz CT molecular complexity index is 3760. The summed E-state index contributed by atoms with van der Waals surface area (Å²) >= 11 is 0. The third-order valence-electron chi connectivity index (χ3n) is 11.1. The molecule has 36 nitrogen and oxygen atoms in total. The van der Waals surface area contributed by atoms with Crippen LogP contribution in [0.25, 0.3) is 17.0 Å². The van der Waals surface area contributed by atoms with Crippen molar-refractivity contribution >= 4 is 117 Å². The maximum atomic E-state index is 11.7. The number of carbonyl (C=O) groups excluding carboxylic acids is 4. The normalized spacial score (nSPS) is 9.68. The maximum absolute atomic E-state index is 11.7. The highest BCUT2D eigenvalue weighted by Crippen LogP contribution is 2.35. The lowest BCUT2D eigenvalue weighted by Crippen LogP contribution is -2.30. The van der Waals surface area contributed by atoms with Gasteiger partial charge in [0.1, 0.15) is 11.1 Å². The topological polar surface area (TPSA) is 524 Å². The van der Waals surface area contributed by atoms with Gasteiger partial charge in [0.15, 0.2) is 0 Å². The molecule has 0 aliphatic carbocycles. The van der Waals surface area contributed by atoms with Crippen molar-refractivity contribution in [2.75, 3.05) is 75.1 Å². The number of carboxylic acid groups (broad SMARTS) is 2. The van der Waals surface area contributed by atoms with Gasteiger partial charge in [-0.05, 0) is 117 Å². The number of anilines is 1. The number of aromatic carboxylic acids is 2. The molecule has 5 aromatic carbocycles. The van der Waals surface area contributed by atoms with Crippen molar-refractivity contribution in [3.63, 3.8) is 0 Å². The van der Waals surface area contributed by atoms with Crippen molar-refractivity contribution in [3.05, 3.63) is 202 Å². The van der Waals surface area contributed by atoms with E-state index in [1.54, 1.807) is 96.7 Å². The predicted octanol–water partition coefficient (Wildman–Crippen LogP) is 11.8. The second-order valence-corrected chi connectivity index (χ2v) is 20.7. The minimum atomic E-state index is -1.69. The number of carbonyl (C=O) groups is 4.